The number of nitrogens with two attached hydrogens (primary N) is 1. The zero-order valence-corrected chi connectivity index (χ0v) is 11.3. The maximum atomic E-state index is 5.98. The number of nitrogens with one attached hydrogen (secondary N) is 1. The molecule has 1 aromatic carbocycles. The molecule has 1 aliphatic rings. The highest BCUT2D eigenvalue weighted by Crippen LogP contribution is 2.34. The molecule has 2 atom stereocenters. The molecule has 3 N–H and O–H groups in total. The standard InChI is InChI=1S/C14H18N4O2/c1-2-18-8-10(7-16-18)14(17-15)13-9-19-11-5-3-4-6-12(11)20-13/h3-8,13-14,17H,2,9,15H2,1H3. The van der Waals surface area contributed by atoms with Gasteiger partial charge in [-0.1, -0.05) is 12.1 Å². The summed E-state index contributed by atoms with van der Waals surface area (Å²) in [6, 6.07) is 7.47. The van der Waals surface area contributed by atoms with Crippen LogP contribution in [0.3, 0.4) is 0 Å². The van der Waals surface area contributed by atoms with E-state index < -0.39 is 0 Å². The number of rotatable bonds is 4. The molecular formula is C14H18N4O2. The highest BCUT2D eigenvalue weighted by atomic mass is 16.6. The second-order valence-corrected chi connectivity index (χ2v) is 4.69. The SMILES string of the molecule is CCn1cc(C(NN)C2COc3ccccc3O2)cn1. The summed E-state index contributed by atoms with van der Waals surface area (Å²) in [5.74, 6) is 7.19. The van der Waals surface area contributed by atoms with Crippen LogP contribution in [-0.4, -0.2) is 22.5 Å². The van der Waals surface area contributed by atoms with Crippen LogP contribution in [0.25, 0.3) is 0 Å². The number of ether oxygens (including phenoxy) is 2. The monoisotopic (exact) mass is 274 g/mol. The van der Waals surface area contributed by atoms with E-state index in [0.717, 1.165) is 23.6 Å². The fourth-order valence-corrected chi connectivity index (χ4v) is 2.33. The van der Waals surface area contributed by atoms with Crippen molar-refractivity contribution in [3.63, 3.8) is 0 Å². The minimum absolute atomic E-state index is 0.163. The van der Waals surface area contributed by atoms with Crippen LogP contribution in [0.4, 0.5) is 0 Å². The molecule has 0 amide bonds. The van der Waals surface area contributed by atoms with Crippen LogP contribution in [0.1, 0.15) is 18.5 Å². The van der Waals surface area contributed by atoms with E-state index in [4.69, 9.17) is 15.3 Å². The third-order valence-electron chi connectivity index (χ3n) is 3.42. The Hall–Kier alpha value is -2.05. The van der Waals surface area contributed by atoms with Crippen molar-refractivity contribution in [2.45, 2.75) is 25.6 Å². The fourth-order valence-electron chi connectivity index (χ4n) is 2.33. The number of hydrazine groups is 1. The number of aromatic nitrogens is 2. The van der Waals surface area contributed by atoms with Gasteiger partial charge in [-0.25, -0.2) is 5.43 Å². The molecule has 3 rings (SSSR count). The molecule has 2 heterocycles. The van der Waals surface area contributed by atoms with Crippen molar-refractivity contribution < 1.29 is 9.47 Å². The molecule has 20 heavy (non-hydrogen) atoms. The smallest absolute Gasteiger partial charge is 0.161 e. The first-order valence-corrected chi connectivity index (χ1v) is 6.68. The Balaban J connectivity index is 1.81. The van der Waals surface area contributed by atoms with Gasteiger partial charge < -0.3 is 9.47 Å². The summed E-state index contributed by atoms with van der Waals surface area (Å²) in [5.41, 5.74) is 3.79. The van der Waals surface area contributed by atoms with Crippen LogP contribution in [0, 0.1) is 0 Å². The van der Waals surface area contributed by atoms with E-state index in [9.17, 15) is 0 Å². The van der Waals surface area contributed by atoms with Gasteiger partial charge in [0, 0.05) is 18.3 Å². The average Bonchev–Trinajstić information content (AvgIpc) is 2.97. The Morgan fingerprint density at radius 3 is 2.95 bits per heavy atom. The van der Waals surface area contributed by atoms with Crippen molar-refractivity contribution in [3.8, 4) is 11.5 Å². The van der Waals surface area contributed by atoms with Crippen molar-refractivity contribution >= 4 is 0 Å². The number of para-hydroxylation sites is 2. The van der Waals surface area contributed by atoms with Crippen LogP contribution in [-0.2, 0) is 6.54 Å². The summed E-state index contributed by atoms with van der Waals surface area (Å²) >= 11 is 0. The predicted molar refractivity (Wildman–Crippen MR) is 74.3 cm³/mol. The van der Waals surface area contributed by atoms with Crippen LogP contribution >= 0.6 is 0 Å². The summed E-state index contributed by atoms with van der Waals surface area (Å²) in [6.45, 7) is 3.31. The Labute approximate surface area is 117 Å². The van der Waals surface area contributed by atoms with Gasteiger partial charge in [0.05, 0.1) is 12.2 Å². The number of benzene rings is 1. The fraction of sp³-hybridized carbons (Fsp3) is 0.357. The zero-order valence-electron chi connectivity index (χ0n) is 11.3. The minimum Gasteiger partial charge on any atom is -0.486 e. The molecule has 0 saturated carbocycles. The first-order valence-electron chi connectivity index (χ1n) is 6.68. The maximum absolute atomic E-state index is 5.98. The van der Waals surface area contributed by atoms with Gasteiger partial charge in [-0.3, -0.25) is 10.5 Å². The van der Waals surface area contributed by atoms with Crippen molar-refractivity contribution in [2.24, 2.45) is 5.84 Å². The molecular weight excluding hydrogens is 256 g/mol. The molecule has 106 valence electrons. The molecule has 0 fully saturated rings. The molecule has 1 aromatic heterocycles. The Bertz CT molecular complexity index is 584. The minimum atomic E-state index is -0.190. The molecule has 2 aromatic rings. The summed E-state index contributed by atoms with van der Waals surface area (Å²) in [6.07, 6.45) is 3.58. The highest BCUT2D eigenvalue weighted by molar-refractivity contribution is 5.41. The Kier molecular flexibility index (Phi) is 3.58. The van der Waals surface area contributed by atoms with Gasteiger partial charge in [0.15, 0.2) is 17.6 Å². The van der Waals surface area contributed by atoms with E-state index in [-0.39, 0.29) is 12.1 Å². The van der Waals surface area contributed by atoms with Gasteiger partial charge in [-0.05, 0) is 19.1 Å². The largest absolute Gasteiger partial charge is 0.486 e. The zero-order chi connectivity index (χ0) is 13.9. The summed E-state index contributed by atoms with van der Waals surface area (Å²) in [4.78, 5) is 0. The van der Waals surface area contributed by atoms with Gasteiger partial charge in [-0.2, -0.15) is 5.10 Å². The third kappa shape index (κ3) is 2.35. The molecule has 6 nitrogen and oxygen atoms in total. The Morgan fingerprint density at radius 2 is 2.25 bits per heavy atom. The van der Waals surface area contributed by atoms with Crippen molar-refractivity contribution in [1.82, 2.24) is 15.2 Å². The third-order valence-corrected chi connectivity index (χ3v) is 3.42. The van der Waals surface area contributed by atoms with Crippen LogP contribution in [0.2, 0.25) is 0 Å². The number of hydrogen-bond donors (Lipinski definition) is 2. The summed E-state index contributed by atoms with van der Waals surface area (Å²) < 4.78 is 13.6. The normalized spacial score (nSPS) is 18.8. The second kappa shape index (κ2) is 5.52. The number of aryl methyl sites for hydroxylation is 1. The van der Waals surface area contributed by atoms with E-state index in [2.05, 4.69) is 10.5 Å². The maximum Gasteiger partial charge on any atom is 0.161 e. The molecule has 0 bridgehead atoms. The summed E-state index contributed by atoms with van der Waals surface area (Å²) in [7, 11) is 0. The molecule has 0 saturated heterocycles. The van der Waals surface area contributed by atoms with E-state index in [0.29, 0.717) is 6.61 Å². The summed E-state index contributed by atoms with van der Waals surface area (Å²) in [5, 5.41) is 4.27. The van der Waals surface area contributed by atoms with Crippen molar-refractivity contribution in [1.29, 1.82) is 0 Å². The predicted octanol–water partition coefficient (Wildman–Crippen LogP) is 1.25. The Morgan fingerprint density at radius 1 is 1.45 bits per heavy atom. The molecule has 0 spiro atoms. The lowest BCUT2D eigenvalue weighted by atomic mass is 10.1. The molecule has 6 heteroatoms. The van der Waals surface area contributed by atoms with Crippen LogP contribution < -0.4 is 20.7 Å². The van der Waals surface area contributed by atoms with Crippen LogP contribution in [0.15, 0.2) is 36.7 Å². The first-order chi connectivity index (χ1) is 9.81. The van der Waals surface area contributed by atoms with Gasteiger partial charge in [0.1, 0.15) is 6.61 Å². The number of fused-ring (bicyclic) bond motifs is 1. The molecule has 1 aliphatic heterocycles. The van der Waals surface area contributed by atoms with Crippen LogP contribution in [0.5, 0.6) is 11.5 Å². The van der Waals surface area contributed by atoms with Crippen molar-refractivity contribution in [2.75, 3.05) is 6.61 Å². The highest BCUT2D eigenvalue weighted by Gasteiger charge is 2.30. The first kappa shape index (κ1) is 13.0. The second-order valence-electron chi connectivity index (χ2n) is 4.69. The van der Waals surface area contributed by atoms with E-state index in [1.807, 2.05) is 42.1 Å². The lowest BCUT2D eigenvalue weighted by Gasteiger charge is -2.31. The lowest BCUT2D eigenvalue weighted by molar-refractivity contribution is 0.0617. The number of hydrogen-bond acceptors (Lipinski definition) is 5. The van der Waals surface area contributed by atoms with Gasteiger partial charge in [0.2, 0.25) is 0 Å². The van der Waals surface area contributed by atoms with E-state index >= 15 is 0 Å². The molecule has 0 aliphatic carbocycles. The van der Waals surface area contributed by atoms with Crippen molar-refractivity contribution in [3.05, 3.63) is 42.2 Å². The lowest BCUT2D eigenvalue weighted by Crippen LogP contribution is -2.44. The van der Waals surface area contributed by atoms with Gasteiger partial charge in [0.25, 0.3) is 0 Å². The van der Waals surface area contributed by atoms with E-state index in [1.165, 1.54) is 0 Å². The quantitative estimate of drug-likeness (QED) is 0.648. The van der Waals surface area contributed by atoms with Gasteiger partial charge in [-0.15, -0.1) is 0 Å². The molecule has 0 radical (unpaired) electrons. The molecule has 2 unspecified atom stereocenters. The van der Waals surface area contributed by atoms with Gasteiger partial charge >= 0.3 is 0 Å². The van der Waals surface area contributed by atoms with E-state index in [1.54, 1.807) is 6.20 Å². The average molecular weight is 274 g/mol. The number of nitrogens with zero attached hydrogens (tertiary/aromatic N) is 2. The topological polar surface area (TPSA) is 74.3 Å².